The van der Waals surface area contributed by atoms with Crippen LogP contribution in [0.25, 0.3) is 10.9 Å². The molecule has 0 spiro atoms. The standard InChI is InChI=1S/C15H18N2O/c1-9(2)12-5-4-6-13-10(3)7-11(8-14(16)18)17-15(12)13/h4-7,9H,8H2,1-3H3,(H2,16,18). The number of nitrogens with zero attached hydrogens (tertiary/aromatic N) is 1. The number of carbonyl (C=O) groups excluding carboxylic acids is 1. The molecule has 0 aliphatic rings. The zero-order valence-corrected chi connectivity index (χ0v) is 11.0. The van der Waals surface area contributed by atoms with Crippen LogP contribution in [0.4, 0.5) is 0 Å². The predicted molar refractivity (Wildman–Crippen MR) is 73.5 cm³/mol. The maximum atomic E-state index is 11.0. The molecule has 0 saturated heterocycles. The molecule has 0 aliphatic carbocycles. The molecule has 2 N–H and O–H groups in total. The van der Waals surface area contributed by atoms with Crippen LogP contribution in [0.1, 0.15) is 36.6 Å². The number of aryl methyl sites for hydroxylation is 1. The number of hydrogen-bond donors (Lipinski definition) is 1. The first-order chi connectivity index (χ1) is 8.49. The van der Waals surface area contributed by atoms with Crippen molar-refractivity contribution in [2.45, 2.75) is 33.1 Å². The van der Waals surface area contributed by atoms with Crippen LogP contribution >= 0.6 is 0 Å². The molecule has 0 bridgehead atoms. The molecular weight excluding hydrogens is 224 g/mol. The minimum Gasteiger partial charge on any atom is -0.369 e. The highest BCUT2D eigenvalue weighted by atomic mass is 16.1. The van der Waals surface area contributed by atoms with E-state index in [4.69, 9.17) is 5.73 Å². The van der Waals surface area contributed by atoms with Crippen molar-refractivity contribution in [2.75, 3.05) is 0 Å². The summed E-state index contributed by atoms with van der Waals surface area (Å²) in [7, 11) is 0. The Balaban J connectivity index is 2.68. The van der Waals surface area contributed by atoms with Crippen molar-refractivity contribution in [1.29, 1.82) is 0 Å². The van der Waals surface area contributed by atoms with Gasteiger partial charge in [0.15, 0.2) is 0 Å². The Morgan fingerprint density at radius 1 is 1.39 bits per heavy atom. The lowest BCUT2D eigenvalue weighted by molar-refractivity contribution is -0.117. The molecule has 94 valence electrons. The molecule has 2 aromatic rings. The molecule has 2 rings (SSSR count). The monoisotopic (exact) mass is 242 g/mol. The van der Waals surface area contributed by atoms with Crippen LogP contribution < -0.4 is 5.73 Å². The Morgan fingerprint density at radius 3 is 2.72 bits per heavy atom. The normalized spacial score (nSPS) is 11.1. The van der Waals surface area contributed by atoms with Gasteiger partial charge in [0, 0.05) is 5.39 Å². The van der Waals surface area contributed by atoms with E-state index in [0.717, 1.165) is 22.2 Å². The van der Waals surface area contributed by atoms with Crippen LogP contribution in [0, 0.1) is 6.92 Å². The van der Waals surface area contributed by atoms with Crippen molar-refractivity contribution in [1.82, 2.24) is 4.98 Å². The summed E-state index contributed by atoms with van der Waals surface area (Å²) in [6.07, 6.45) is 0.198. The van der Waals surface area contributed by atoms with Crippen molar-refractivity contribution in [3.05, 3.63) is 41.1 Å². The first-order valence-corrected chi connectivity index (χ1v) is 6.16. The number of rotatable bonds is 3. The molecule has 3 nitrogen and oxygen atoms in total. The smallest absolute Gasteiger partial charge is 0.223 e. The van der Waals surface area contributed by atoms with Crippen LogP contribution in [0.5, 0.6) is 0 Å². The summed E-state index contributed by atoms with van der Waals surface area (Å²) in [4.78, 5) is 15.6. The second-order valence-corrected chi connectivity index (χ2v) is 4.97. The van der Waals surface area contributed by atoms with Gasteiger partial charge in [0.25, 0.3) is 0 Å². The van der Waals surface area contributed by atoms with Crippen LogP contribution in [-0.2, 0) is 11.2 Å². The molecule has 1 aromatic heterocycles. The number of carbonyl (C=O) groups is 1. The van der Waals surface area contributed by atoms with Gasteiger partial charge in [0.1, 0.15) is 0 Å². The number of pyridine rings is 1. The van der Waals surface area contributed by atoms with E-state index in [9.17, 15) is 4.79 Å². The van der Waals surface area contributed by atoms with E-state index in [-0.39, 0.29) is 12.3 Å². The van der Waals surface area contributed by atoms with Crippen molar-refractivity contribution in [3.63, 3.8) is 0 Å². The van der Waals surface area contributed by atoms with Gasteiger partial charge in [0.05, 0.1) is 17.6 Å². The van der Waals surface area contributed by atoms with Gasteiger partial charge in [0.2, 0.25) is 5.91 Å². The second-order valence-electron chi connectivity index (χ2n) is 4.97. The molecule has 1 heterocycles. The van der Waals surface area contributed by atoms with E-state index in [2.05, 4.69) is 37.0 Å². The highest BCUT2D eigenvalue weighted by molar-refractivity contribution is 5.86. The summed E-state index contributed by atoms with van der Waals surface area (Å²) in [6, 6.07) is 8.16. The minimum atomic E-state index is -0.344. The van der Waals surface area contributed by atoms with Crippen molar-refractivity contribution < 1.29 is 4.79 Å². The Labute approximate surface area is 107 Å². The molecule has 0 radical (unpaired) electrons. The molecule has 1 aromatic carbocycles. The number of para-hydroxylation sites is 1. The fourth-order valence-corrected chi connectivity index (χ4v) is 2.24. The Kier molecular flexibility index (Phi) is 3.32. The third-order valence-corrected chi connectivity index (χ3v) is 3.11. The van der Waals surface area contributed by atoms with Gasteiger partial charge in [-0.3, -0.25) is 9.78 Å². The highest BCUT2D eigenvalue weighted by Crippen LogP contribution is 2.26. The lowest BCUT2D eigenvalue weighted by Crippen LogP contribution is -2.14. The molecule has 0 saturated carbocycles. The maximum absolute atomic E-state index is 11.0. The van der Waals surface area contributed by atoms with E-state index in [1.54, 1.807) is 0 Å². The van der Waals surface area contributed by atoms with Gasteiger partial charge in [-0.05, 0) is 30.0 Å². The molecule has 18 heavy (non-hydrogen) atoms. The SMILES string of the molecule is Cc1cc(CC(N)=O)nc2c(C(C)C)cccc12. The fourth-order valence-electron chi connectivity index (χ4n) is 2.24. The summed E-state index contributed by atoms with van der Waals surface area (Å²) in [5.41, 5.74) is 9.33. The third kappa shape index (κ3) is 2.35. The van der Waals surface area contributed by atoms with E-state index < -0.39 is 0 Å². The summed E-state index contributed by atoms with van der Waals surface area (Å²) < 4.78 is 0. The summed E-state index contributed by atoms with van der Waals surface area (Å²) in [5.74, 6) is 0.0627. The summed E-state index contributed by atoms with van der Waals surface area (Å²) in [5, 5.41) is 1.15. The summed E-state index contributed by atoms with van der Waals surface area (Å²) >= 11 is 0. The quantitative estimate of drug-likeness (QED) is 0.899. The van der Waals surface area contributed by atoms with Crippen molar-refractivity contribution in [3.8, 4) is 0 Å². The topological polar surface area (TPSA) is 56.0 Å². The number of hydrogen-bond acceptors (Lipinski definition) is 2. The Hall–Kier alpha value is -1.90. The van der Waals surface area contributed by atoms with E-state index in [0.29, 0.717) is 5.92 Å². The predicted octanol–water partition coefficient (Wildman–Crippen LogP) is 2.69. The molecule has 0 fully saturated rings. The van der Waals surface area contributed by atoms with Gasteiger partial charge in [-0.2, -0.15) is 0 Å². The molecule has 1 amide bonds. The Morgan fingerprint density at radius 2 is 2.11 bits per heavy atom. The molecule has 3 heteroatoms. The number of fused-ring (bicyclic) bond motifs is 1. The van der Waals surface area contributed by atoms with Crippen LogP contribution in [0.2, 0.25) is 0 Å². The van der Waals surface area contributed by atoms with Crippen LogP contribution in [-0.4, -0.2) is 10.9 Å². The molecular formula is C15H18N2O. The second kappa shape index (κ2) is 4.77. The van der Waals surface area contributed by atoms with Gasteiger partial charge < -0.3 is 5.73 Å². The summed E-state index contributed by atoms with van der Waals surface area (Å²) in [6.45, 7) is 6.33. The molecule has 0 aliphatic heterocycles. The van der Waals surface area contributed by atoms with Gasteiger partial charge in [-0.1, -0.05) is 32.0 Å². The fraction of sp³-hybridized carbons (Fsp3) is 0.333. The zero-order valence-electron chi connectivity index (χ0n) is 11.0. The molecule has 0 atom stereocenters. The van der Waals surface area contributed by atoms with Gasteiger partial charge >= 0.3 is 0 Å². The van der Waals surface area contributed by atoms with E-state index in [1.165, 1.54) is 5.56 Å². The number of aromatic nitrogens is 1. The van der Waals surface area contributed by atoms with Crippen molar-refractivity contribution >= 4 is 16.8 Å². The largest absolute Gasteiger partial charge is 0.369 e. The van der Waals surface area contributed by atoms with Crippen molar-refractivity contribution in [2.24, 2.45) is 5.73 Å². The lowest BCUT2D eigenvalue weighted by atomic mass is 9.97. The van der Waals surface area contributed by atoms with Crippen LogP contribution in [0.3, 0.4) is 0 Å². The number of primary amides is 1. The number of amides is 1. The van der Waals surface area contributed by atoms with Gasteiger partial charge in [-0.15, -0.1) is 0 Å². The Bertz CT molecular complexity index is 603. The zero-order chi connectivity index (χ0) is 13.3. The van der Waals surface area contributed by atoms with Gasteiger partial charge in [-0.25, -0.2) is 0 Å². The van der Waals surface area contributed by atoms with E-state index in [1.807, 2.05) is 13.0 Å². The average Bonchev–Trinajstić information content (AvgIpc) is 2.27. The first-order valence-electron chi connectivity index (χ1n) is 6.16. The number of benzene rings is 1. The number of nitrogens with two attached hydrogens (primary N) is 1. The van der Waals surface area contributed by atoms with E-state index >= 15 is 0 Å². The van der Waals surface area contributed by atoms with Crippen LogP contribution in [0.15, 0.2) is 24.3 Å². The molecule has 0 unspecified atom stereocenters. The first kappa shape index (κ1) is 12.6. The third-order valence-electron chi connectivity index (χ3n) is 3.11. The average molecular weight is 242 g/mol. The minimum absolute atomic E-state index is 0.198. The highest BCUT2D eigenvalue weighted by Gasteiger charge is 2.10. The lowest BCUT2D eigenvalue weighted by Gasteiger charge is -2.12. The maximum Gasteiger partial charge on any atom is 0.223 e.